The van der Waals surface area contributed by atoms with Gasteiger partial charge in [0.15, 0.2) is 0 Å². The van der Waals surface area contributed by atoms with Gasteiger partial charge in [-0.05, 0) is 11.5 Å². The molecule has 2 heterocycles. The highest BCUT2D eigenvalue weighted by molar-refractivity contribution is 5.91. The highest BCUT2D eigenvalue weighted by Crippen LogP contribution is 2.26. The molecule has 0 fully saturated rings. The van der Waals surface area contributed by atoms with Gasteiger partial charge >= 0.3 is 0 Å². The third-order valence-corrected chi connectivity index (χ3v) is 2.41. The van der Waals surface area contributed by atoms with Crippen molar-refractivity contribution in [2.45, 2.75) is 26.8 Å². The number of aromatic nitrogens is 2. The van der Waals surface area contributed by atoms with Crippen molar-refractivity contribution in [3.63, 3.8) is 0 Å². The van der Waals surface area contributed by atoms with Gasteiger partial charge in [0.05, 0.1) is 6.04 Å². The van der Waals surface area contributed by atoms with Gasteiger partial charge in [0.2, 0.25) is 5.82 Å². The molecule has 0 aromatic carbocycles. The molecule has 0 spiro atoms. The summed E-state index contributed by atoms with van der Waals surface area (Å²) >= 11 is 0. The minimum atomic E-state index is 0.122. The number of hydrogen-bond acceptors (Lipinski definition) is 4. The van der Waals surface area contributed by atoms with E-state index in [9.17, 15) is 0 Å². The molecular formula is C11H15N3O. The molecule has 4 heteroatoms. The second-order valence-corrected chi connectivity index (χ2v) is 4.70. The largest absolute Gasteiger partial charge is 0.473 e. The molecule has 1 atom stereocenters. The van der Waals surface area contributed by atoms with E-state index in [1.807, 2.05) is 0 Å². The van der Waals surface area contributed by atoms with Crippen molar-refractivity contribution < 1.29 is 4.74 Å². The van der Waals surface area contributed by atoms with Crippen LogP contribution < -0.4 is 0 Å². The maximum atomic E-state index is 5.50. The Hall–Kier alpha value is -1.45. The first-order valence-electron chi connectivity index (χ1n) is 5.05. The first-order chi connectivity index (χ1) is 7.07. The van der Waals surface area contributed by atoms with Crippen LogP contribution in [0.5, 0.6) is 0 Å². The van der Waals surface area contributed by atoms with Gasteiger partial charge in [0.1, 0.15) is 6.61 Å². The molecule has 2 rings (SSSR count). The Labute approximate surface area is 89.4 Å². The van der Waals surface area contributed by atoms with Crippen LogP contribution in [0.25, 0.3) is 0 Å². The number of ether oxygens (including phenoxy) is 1. The summed E-state index contributed by atoms with van der Waals surface area (Å²) in [5, 5.41) is 0. The molecule has 1 aliphatic rings. The van der Waals surface area contributed by atoms with Crippen LogP contribution in [-0.4, -0.2) is 28.5 Å². The lowest BCUT2D eigenvalue weighted by Gasteiger charge is -2.21. The average Bonchev–Trinajstić information content (AvgIpc) is 2.67. The predicted molar refractivity (Wildman–Crippen MR) is 57.8 cm³/mol. The Morgan fingerprint density at radius 2 is 1.93 bits per heavy atom. The number of aliphatic imine (C=N–C) groups is 1. The van der Waals surface area contributed by atoms with Crippen LogP contribution in [0.4, 0.5) is 0 Å². The summed E-state index contributed by atoms with van der Waals surface area (Å²) in [4.78, 5) is 12.7. The van der Waals surface area contributed by atoms with E-state index in [0.717, 1.165) is 0 Å². The Morgan fingerprint density at radius 1 is 1.27 bits per heavy atom. The monoisotopic (exact) mass is 205 g/mol. The van der Waals surface area contributed by atoms with Crippen LogP contribution in [0, 0.1) is 5.41 Å². The topological polar surface area (TPSA) is 47.4 Å². The zero-order valence-corrected chi connectivity index (χ0v) is 9.27. The third-order valence-electron chi connectivity index (χ3n) is 2.41. The fourth-order valence-electron chi connectivity index (χ4n) is 1.35. The molecule has 0 N–H and O–H groups in total. The maximum Gasteiger partial charge on any atom is 0.255 e. The molecule has 0 amide bonds. The van der Waals surface area contributed by atoms with E-state index in [4.69, 9.17) is 4.74 Å². The summed E-state index contributed by atoms with van der Waals surface area (Å²) in [7, 11) is 0. The first kappa shape index (κ1) is 10.1. The van der Waals surface area contributed by atoms with Gasteiger partial charge in [-0.2, -0.15) is 0 Å². The van der Waals surface area contributed by atoms with Crippen molar-refractivity contribution >= 4 is 5.90 Å². The lowest BCUT2D eigenvalue weighted by atomic mass is 9.88. The summed E-state index contributed by atoms with van der Waals surface area (Å²) in [6, 6.07) is 1.97. The van der Waals surface area contributed by atoms with E-state index < -0.39 is 0 Å². The fourth-order valence-corrected chi connectivity index (χ4v) is 1.35. The van der Waals surface area contributed by atoms with Crippen LogP contribution >= 0.6 is 0 Å². The van der Waals surface area contributed by atoms with Gasteiger partial charge in [-0.15, -0.1) is 0 Å². The van der Waals surface area contributed by atoms with Crippen molar-refractivity contribution in [3.05, 3.63) is 24.3 Å². The summed E-state index contributed by atoms with van der Waals surface area (Å²) in [5.74, 6) is 1.14. The van der Waals surface area contributed by atoms with Crippen LogP contribution in [0.1, 0.15) is 26.6 Å². The van der Waals surface area contributed by atoms with Crippen LogP contribution in [-0.2, 0) is 4.74 Å². The SMILES string of the molecule is CC(C)(C)[C@@H]1COC(c2ncccn2)=N1. The van der Waals surface area contributed by atoms with Crippen LogP contribution in [0.15, 0.2) is 23.5 Å². The molecule has 0 saturated carbocycles. The number of rotatable bonds is 1. The van der Waals surface area contributed by atoms with Gasteiger partial charge in [-0.3, -0.25) is 0 Å². The molecule has 0 bridgehead atoms. The van der Waals surface area contributed by atoms with Gasteiger partial charge in [0, 0.05) is 12.4 Å². The molecule has 1 aromatic heterocycles. The molecule has 80 valence electrons. The fraction of sp³-hybridized carbons (Fsp3) is 0.545. The van der Waals surface area contributed by atoms with Crippen molar-refractivity contribution in [2.24, 2.45) is 10.4 Å². The second kappa shape index (κ2) is 3.61. The molecule has 1 aliphatic heterocycles. The summed E-state index contributed by atoms with van der Waals surface area (Å²) < 4.78 is 5.50. The van der Waals surface area contributed by atoms with Crippen molar-refractivity contribution in [2.75, 3.05) is 6.61 Å². The van der Waals surface area contributed by atoms with E-state index in [-0.39, 0.29) is 11.5 Å². The molecule has 0 unspecified atom stereocenters. The van der Waals surface area contributed by atoms with Crippen molar-refractivity contribution in [1.82, 2.24) is 9.97 Å². The Bertz CT molecular complexity index is 367. The molecule has 0 aliphatic carbocycles. The minimum absolute atomic E-state index is 0.122. The maximum absolute atomic E-state index is 5.50. The lowest BCUT2D eigenvalue weighted by Crippen LogP contribution is -2.25. The summed E-state index contributed by atoms with van der Waals surface area (Å²) in [5.41, 5.74) is 0.122. The summed E-state index contributed by atoms with van der Waals surface area (Å²) in [6.07, 6.45) is 3.39. The van der Waals surface area contributed by atoms with Gasteiger partial charge in [0.25, 0.3) is 5.90 Å². The molecular weight excluding hydrogens is 190 g/mol. The van der Waals surface area contributed by atoms with Gasteiger partial charge in [-0.25, -0.2) is 15.0 Å². The van der Waals surface area contributed by atoms with Crippen molar-refractivity contribution in [3.8, 4) is 0 Å². The van der Waals surface area contributed by atoms with Gasteiger partial charge in [-0.1, -0.05) is 20.8 Å². The quantitative estimate of drug-likeness (QED) is 0.700. The van der Waals surface area contributed by atoms with Crippen LogP contribution in [0.2, 0.25) is 0 Å². The van der Waals surface area contributed by atoms with Crippen molar-refractivity contribution in [1.29, 1.82) is 0 Å². The second-order valence-electron chi connectivity index (χ2n) is 4.70. The molecule has 15 heavy (non-hydrogen) atoms. The standard InChI is InChI=1S/C11H15N3O/c1-11(2,3)8-7-15-10(14-8)9-12-5-4-6-13-9/h4-6,8H,7H2,1-3H3/t8-/m0/s1. The number of hydrogen-bond donors (Lipinski definition) is 0. The smallest absolute Gasteiger partial charge is 0.255 e. The Morgan fingerprint density at radius 3 is 2.47 bits per heavy atom. The van der Waals surface area contributed by atoms with Crippen LogP contribution in [0.3, 0.4) is 0 Å². The van der Waals surface area contributed by atoms with E-state index in [1.54, 1.807) is 18.5 Å². The normalized spacial score (nSPS) is 21.0. The van der Waals surface area contributed by atoms with Gasteiger partial charge < -0.3 is 4.74 Å². The molecule has 4 nitrogen and oxygen atoms in total. The summed E-state index contributed by atoms with van der Waals surface area (Å²) in [6.45, 7) is 7.08. The van der Waals surface area contributed by atoms with E-state index >= 15 is 0 Å². The zero-order valence-electron chi connectivity index (χ0n) is 9.27. The highest BCUT2D eigenvalue weighted by atomic mass is 16.5. The van der Waals surface area contributed by atoms with E-state index in [1.165, 1.54) is 0 Å². The lowest BCUT2D eigenvalue weighted by molar-refractivity contribution is 0.235. The van der Waals surface area contributed by atoms with E-state index in [0.29, 0.717) is 18.3 Å². The van der Waals surface area contributed by atoms with E-state index in [2.05, 4.69) is 35.7 Å². The zero-order chi connectivity index (χ0) is 10.9. The molecule has 0 saturated heterocycles. The average molecular weight is 205 g/mol. The molecule has 0 radical (unpaired) electrons. The Kier molecular flexibility index (Phi) is 2.42. The Balaban J connectivity index is 2.21. The third kappa shape index (κ3) is 2.14. The minimum Gasteiger partial charge on any atom is -0.473 e. The highest BCUT2D eigenvalue weighted by Gasteiger charge is 2.31. The number of nitrogens with zero attached hydrogens (tertiary/aromatic N) is 3. The predicted octanol–water partition coefficient (Wildman–Crippen LogP) is 1.67. The first-order valence-corrected chi connectivity index (χ1v) is 5.05. The molecule has 1 aromatic rings.